The smallest absolute Gasteiger partial charge is 0.335 e. The van der Waals surface area contributed by atoms with E-state index in [9.17, 15) is 14.7 Å². The largest absolute Gasteiger partial charge is 0.478 e. The van der Waals surface area contributed by atoms with E-state index in [1.165, 1.54) is 6.21 Å². The number of carbonyl (C=O) groups excluding carboxylic acids is 1. The van der Waals surface area contributed by atoms with Gasteiger partial charge >= 0.3 is 11.9 Å². The van der Waals surface area contributed by atoms with Crippen molar-refractivity contribution in [2.75, 3.05) is 0 Å². The summed E-state index contributed by atoms with van der Waals surface area (Å²) in [5, 5.41) is 14.0. The lowest BCUT2D eigenvalue weighted by Crippen LogP contribution is -2.16. The molecule has 0 aliphatic heterocycles. The Labute approximate surface area is 179 Å². The summed E-state index contributed by atoms with van der Waals surface area (Å²) >= 11 is 3.38. The lowest BCUT2D eigenvalue weighted by atomic mass is 10.0. The Morgan fingerprint density at radius 1 is 1.10 bits per heavy atom. The summed E-state index contributed by atoms with van der Waals surface area (Å²) in [5.74, 6) is -0.439. The quantitative estimate of drug-likeness (QED) is 0.309. The summed E-state index contributed by atoms with van der Waals surface area (Å²) in [6.07, 6.45) is 1.36. The predicted octanol–water partition coefficient (Wildman–Crippen LogP) is 5.23. The number of benzene rings is 2. The molecule has 1 amide bonds. The van der Waals surface area contributed by atoms with Gasteiger partial charge in [-0.15, -0.1) is 0 Å². The molecule has 0 aliphatic carbocycles. The average Bonchev–Trinajstić information content (AvgIpc) is 3.34. The Morgan fingerprint density at radius 3 is 2.73 bits per heavy atom. The SMILES string of the molecule is Cc1c(C(=O)O)cccc1-c1ccc(/C=N/NC(=O)c2cc3cc(Br)ccc3o2)o1. The highest BCUT2D eigenvalue weighted by atomic mass is 79.9. The molecule has 0 unspecified atom stereocenters. The van der Waals surface area contributed by atoms with Crippen molar-refractivity contribution in [1.82, 2.24) is 5.43 Å². The van der Waals surface area contributed by atoms with E-state index in [1.807, 2.05) is 12.1 Å². The Bertz CT molecular complexity index is 1300. The van der Waals surface area contributed by atoms with Crippen LogP contribution in [0.1, 0.15) is 32.2 Å². The molecule has 4 rings (SSSR count). The molecule has 4 aromatic rings. The van der Waals surface area contributed by atoms with Crippen LogP contribution in [-0.2, 0) is 0 Å². The monoisotopic (exact) mass is 466 g/mol. The maximum absolute atomic E-state index is 12.2. The first-order valence-electron chi connectivity index (χ1n) is 8.88. The number of aromatic carboxylic acids is 1. The molecular weight excluding hydrogens is 452 g/mol. The third-order valence-electron chi connectivity index (χ3n) is 4.52. The molecular formula is C22H15BrN2O5. The zero-order valence-electron chi connectivity index (χ0n) is 15.7. The van der Waals surface area contributed by atoms with Crippen molar-refractivity contribution < 1.29 is 23.5 Å². The van der Waals surface area contributed by atoms with Gasteiger partial charge in [0.1, 0.15) is 17.1 Å². The number of hydrazone groups is 1. The summed E-state index contributed by atoms with van der Waals surface area (Å²) in [5.41, 5.74) is 4.48. The zero-order chi connectivity index (χ0) is 21.3. The van der Waals surface area contributed by atoms with Crippen LogP contribution in [0.15, 0.2) is 73.0 Å². The molecule has 0 saturated carbocycles. The number of carboxylic acids is 1. The van der Waals surface area contributed by atoms with Crippen LogP contribution < -0.4 is 5.43 Å². The van der Waals surface area contributed by atoms with E-state index in [1.54, 1.807) is 49.4 Å². The summed E-state index contributed by atoms with van der Waals surface area (Å²) in [4.78, 5) is 23.5. The zero-order valence-corrected chi connectivity index (χ0v) is 17.3. The van der Waals surface area contributed by atoms with Gasteiger partial charge in [-0.05, 0) is 55.0 Å². The minimum atomic E-state index is -0.997. The Morgan fingerprint density at radius 2 is 1.93 bits per heavy atom. The molecule has 0 saturated heterocycles. The second kappa shape index (κ2) is 8.00. The molecule has 0 bridgehead atoms. The van der Waals surface area contributed by atoms with Crippen LogP contribution in [0.5, 0.6) is 0 Å². The van der Waals surface area contributed by atoms with Crippen molar-refractivity contribution in [1.29, 1.82) is 0 Å². The van der Waals surface area contributed by atoms with E-state index < -0.39 is 11.9 Å². The van der Waals surface area contributed by atoms with E-state index in [-0.39, 0.29) is 11.3 Å². The fourth-order valence-corrected chi connectivity index (χ4v) is 3.42. The molecule has 0 aliphatic rings. The van der Waals surface area contributed by atoms with E-state index in [0.717, 1.165) is 9.86 Å². The van der Waals surface area contributed by atoms with Gasteiger partial charge in [0, 0.05) is 15.4 Å². The van der Waals surface area contributed by atoms with Crippen LogP contribution in [0.3, 0.4) is 0 Å². The van der Waals surface area contributed by atoms with Crippen LogP contribution >= 0.6 is 15.9 Å². The molecule has 0 fully saturated rings. The lowest BCUT2D eigenvalue weighted by Gasteiger charge is -2.05. The van der Waals surface area contributed by atoms with E-state index in [2.05, 4.69) is 26.5 Å². The van der Waals surface area contributed by atoms with E-state index in [0.29, 0.717) is 28.2 Å². The van der Waals surface area contributed by atoms with E-state index >= 15 is 0 Å². The highest BCUT2D eigenvalue weighted by molar-refractivity contribution is 9.10. The lowest BCUT2D eigenvalue weighted by molar-refractivity contribution is 0.0696. The number of carbonyl (C=O) groups is 2. The minimum absolute atomic E-state index is 0.140. The second-order valence-electron chi connectivity index (χ2n) is 6.48. The number of fused-ring (bicyclic) bond motifs is 1. The first-order chi connectivity index (χ1) is 14.4. The van der Waals surface area contributed by atoms with Gasteiger partial charge in [0.2, 0.25) is 0 Å². The number of amides is 1. The number of halogens is 1. The summed E-state index contributed by atoms with van der Waals surface area (Å²) < 4.78 is 12.1. The van der Waals surface area contributed by atoms with Crippen LogP contribution in [0.2, 0.25) is 0 Å². The van der Waals surface area contributed by atoms with Gasteiger partial charge in [-0.3, -0.25) is 4.79 Å². The van der Waals surface area contributed by atoms with Crippen molar-refractivity contribution in [2.24, 2.45) is 5.10 Å². The highest BCUT2D eigenvalue weighted by Crippen LogP contribution is 2.27. The standard InChI is InChI=1S/C22H15BrN2O5/c1-12-16(3-2-4-17(12)22(27)28)19-8-6-15(29-19)11-24-25-21(26)20-10-13-9-14(23)5-7-18(13)30-20/h2-11H,1H3,(H,25,26)(H,27,28)/b24-11+. The molecule has 30 heavy (non-hydrogen) atoms. The van der Waals surface area contributed by atoms with Crippen molar-refractivity contribution in [3.8, 4) is 11.3 Å². The van der Waals surface area contributed by atoms with Gasteiger partial charge in [-0.2, -0.15) is 5.10 Å². The first kappa shape index (κ1) is 19.7. The molecule has 2 heterocycles. The average molecular weight is 467 g/mol. The molecule has 0 radical (unpaired) electrons. The summed E-state index contributed by atoms with van der Waals surface area (Å²) in [7, 11) is 0. The van der Waals surface area contributed by atoms with E-state index in [4.69, 9.17) is 8.83 Å². The number of furan rings is 2. The molecule has 2 aromatic heterocycles. The van der Waals surface area contributed by atoms with Crippen molar-refractivity contribution in [3.05, 3.63) is 81.7 Å². The maximum atomic E-state index is 12.2. The van der Waals surface area contributed by atoms with Gasteiger partial charge < -0.3 is 13.9 Å². The molecule has 8 heteroatoms. The number of nitrogens with one attached hydrogen (secondary N) is 1. The summed E-state index contributed by atoms with van der Waals surface area (Å²) in [6, 6.07) is 15.5. The third-order valence-corrected chi connectivity index (χ3v) is 5.01. The normalized spacial score (nSPS) is 11.3. The number of hydrogen-bond acceptors (Lipinski definition) is 5. The molecule has 0 atom stereocenters. The van der Waals surface area contributed by atoms with Crippen molar-refractivity contribution in [2.45, 2.75) is 6.92 Å². The molecule has 2 N–H and O–H groups in total. The number of carboxylic acid groups (broad SMARTS) is 1. The van der Waals surface area contributed by atoms with Gasteiger partial charge in [0.05, 0.1) is 11.8 Å². The first-order valence-corrected chi connectivity index (χ1v) is 9.67. The summed E-state index contributed by atoms with van der Waals surface area (Å²) in [6.45, 7) is 1.72. The number of hydrogen-bond donors (Lipinski definition) is 2. The van der Waals surface area contributed by atoms with Crippen LogP contribution in [0.25, 0.3) is 22.3 Å². The maximum Gasteiger partial charge on any atom is 0.335 e. The number of nitrogens with zero attached hydrogens (tertiary/aromatic N) is 1. The Hall–Kier alpha value is -3.65. The second-order valence-corrected chi connectivity index (χ2v) is 7.39. The van der Waals surface area contributed by atoms with Gasteiger partial charge in [0.15, 0.2) is 5.76 Å². The fraction of sp³-hybridized carbons (Fsp3) is 0.0455. The molecule has 2 aromatic carbocycles. The van der Waals surface area contributed by atoms with Crippen molar-refractivity contribution >= 4 is 45.0 Å². The molecule has 150 valence electrons. The van der Waals surface area contributed by atoms with Crippen LogP contribution in [-0.4, -0.2) is 23.2 Å². The minimum Gasteiger partial charge on any atom is -0.478 e. The third kappa shape index (κ3) is 3.90. The van der Waals surface area contributed by atoms with Crippen LogP contribution in [0.4, 0.5) is 0 Å². The molecule has 7 nitrogen and oxygen atoms in total. The van der Waals surface area contributed by atoms with Gasteiger partial charge in [0.25, 0.3) is 0 Å². The van der Waals surface area contributed by atoms with Gasteiger partial charge in [-0.1, -0.05) is 28.1 Å². The molecule has 0 spiro atoms. The number of rotatable bonds is 5. The predicted molar refractivity (Wildman–Crippen MR) is 115 cm³/mol. The fourth-order valence-electron chi connectivity index (χ4n) is 3.04. The van der Waals surface area contributed by atoms with Gasteiger partial charge in [-0.25, -0.2) is 10.2 Å². The highest BCUT2D eigenvalue weighted by Gasteiger charge is 2.14. The van der Waals surface area contributed by atoms with Crippen LogP contribution in [0, 0.1) is 6.92 Å². The van der Waals surface area contributed by atoms with Crippen molar-refractivity contribution in [3.63, 3.8) is 0 Å². The topological polar surface area (TPSA) is 105 Å². The Balaban J connectivity index is 1.48. The Kier molecular flexibility index (Phi) is 5.24.